The van der Waals surface area contributed by atoms with Crippen LogP contribution in [0.15, 0.2) is 115 Å². The molecule has 0 aromatic heterocycles. The van der Waals surface area contributed by atoms with Crippen molar-refractivity contribution in [3.8, 4) is 0 Å². The molecular formula is C32H29NO8. The molecule has 0 bridgehead atoms. The molecule has 1 fully saturated rings. The molecule has 0 aliphatic carbocycles. The summed E-state index contributed by atoms with van der Waals surface area (Å²) in [4.78, 5) is 23.5. The van der Waals surface area contributed by atoms with Gasteiger partial charge in [-0.1, -0.05) is 91.0 Å². The van der Waals surface area contributed by atoms with Crippen LogP contribution in [-0.2, 0) is 43.5 Å². The first-order valence-electron chi connectivity index (χ1n) is 13.1. The third kappa shape index (κ3) is 7.62. The molecule has 210 valence electrons. The molecule has 4 atom stereocenters. The summed E-state index contributed by atoms with van der Waals surface area (Å²) in [5, 5.41) is 11.0. The number of hydrogen-bond acceptors (Lipinski definition) is 8. The second-order valence-electron chi connectivity index (χ2n) is 9.40. The van der Waals surface area contributed by atoms with Crippen LogP contribution < -0.4 is 0 Å². The zero-order chi connectivity index (χ0) is 28.4. The minimum atomic E-state index is -1.16. The standard InChI is InChI=1S/C32H29NO8/c34-30(26-16-18-27(19-17-26)33(35)36)40-32-29(38-21-24-12-6-2-7-13-24)28(37-20-23-10-4-1-5-11-23)31(41-32)39-22-25-14-8-3-9-15-25/h1-19,28-29,31-32H,20-22H2/t28-,29+,31+,32-/m1/s1. The van der Waals surface area contributed by atoms with Crippen LogP contribution in [0.2, 0.25) is 0 Å². The summed E-state index contributed by atoms with van der Waals surface area (Å²) in [7, 11) is 0. The van der Waals surface area contributed by atoms with Crippen LogP contribution in [0, 0.1) is 10.1 Å². The molecule has 0 N–H and O–H groups in total. The Morgan fingerprint density at radius 3 is 1.54 bits per heavy atom. The molecule has 5 rings (SSSR count). The number of nitrogens with zero attached hydrogens (tertiary/aromatic N) is 1. The fourth-order valence-electron chi connectivity index (χ4n) is 4.35. The number of rotatable bonds is 12. The SMILES string of the molecule is O=C(O[C@@H]1O[C@H](OCc2ccccc2)[C@H](OCc2ccccc2)[C@@H]1OCc1ccccc1)c1ccc([N+](=O)[O-])cc1. The van der Waals surface area contributed by atoms with Gasteiger partial charge in [0.2, 0.25) is 6.29 Å². The number of nitro benzene ring substituents is 1. The molecule has 9 heteroatoms. The topological polar surface area (TPSA) is 106 Å². The molecule has 4 aromatic carbocycles. The quantitative estimate of drug-likeness (QED) is 0.122. The van der Waals surface area contributed by atoms with E-state index in [4.69, 9.17) is 23.7 Å². The molecule has 4 aromatic rings. The number of ether oxygens (including phenoxy) is 5. The van der Waals surface area contributed by atoms with Gasteiger partial charge in [0.15, 0.2) is 12.4 Å². The third-order valence-electron chi connectivity index (χ3n) is 6.49. The zero-order valence-electron chi connectivity index (χ0n) is 22.1. The van der Waals surface area contributed by atoms with E-state index in [-0.39, 0.29) is 31.1 Å². The van der Waals surface area contributed by atoms with Crippen molar-refractivity contribution in [2.24, 2.45) is 0 Å². The summed E-state index contributed by atoms with van der Waals surface area (Å²) in [5.41, 5.74) is 2.81. The summed E-state index contributed by atoms with van der Waals surface area (Å²) in [6.07, 6.45) is -3.64. The van der Waals surface area contributed by atoms with Gasteiger partial charge in [-0.2, -0.15) is 0 Å². The van der Waals surface area contributed by atoms with Gasteiger partial charge >= 0.3 is 5.97 Å². The van der Waals surface area contributed by atoms with Crippen LogP contribution in [0.25, 0.3) is 0 Å². The molecule has 9 nitrogen and oxygen atoms in total. The summed E-state index contributed by atoms with van der Waals surface area (Å²) < 4.78 is 30.6. The van der Waals surface area contributed by atoms with Crippen molar-refractivity contribution in [1.82, 2.24) is 0 Å². The van der Waals surface area contributed by atoms with Gasteiger partial charge < -0.3 is 23.7 Å². The number of benzene rings is 4. The summed E-state index contributed by atoms with van der Waals surface area (Å²) in [6, 6.07) is 34.0. The first-order chi connectivity index (χ1) is 20.1. The smallest absolute Gasteiger partial charge is 0.340 e. The molecule has 0 radical (unpaired) electrons. The van der Waals surface area contributed by atoms with Gasteiger partial charge in [0, 0.05) is 12.1 Å². The number of non-ortho nitro benzene ring substituents is 1. The van der Waals surface area contributed by atoms with E-state index in [1.165, 1.54) is 24.3 Å². The Hall–Kier alpha value is -4.41. The zero-order valence-corrected chi connectivity index (χ0v) is 22.1. The molecule has 1 saturated heterocycles. The highest BCUT2D eigenvalue weighted by Crippen LogP contribution is 2.31. The number of hydrogen-bond donors (Lipinski definition) is 0. The van der Waals surface area contributed by atoms with Gasteiger partial charge in [-0.25, -0.2) is 4.79 Å². The minimum absolute atomic E-state index is 0.133. The van der Waals surface area contributed by atoms with E-state index < -0.39 is 35.7 Å². The van der Waals surface area contributed by atoms with Gasteiger partial charge in [-0.05, 0) is 28.8 Å². The van der Waals surface area contributed by atoms with E-state index in [0.29, 0.717) is 0 Å². The molecule has 1 aliphatic rings. The van der Waals surface area contributed by atoms with E-state index >= 15 is 0 Å². The predicted octanol–water partition coefficient (Wildman–Crippen LogP) is 5.82. The Bertz CT molecular complexity index is 1400. The number of nitro groups is 1. The van der Waals surface area contributed by atoms with Gasteiger partial charge in [-0.3, -0.25) is 10.1 Å². The lowest BCUT2D eigenvalue weighted by Gasteiger charge is -2.24. The Balaban J connectivity index is 1.37. The third-order valence-corrected chi connectivity index (χ3v) is 6.49. The lowest BCUT2D eigenvalue weighted by molar-refractivity contribution is -0.384. The summed E-state index contributed by atoms with van der Waals surface area (Å²) in [5.74, 6) is -0.719. The molecular weight excluding hydrogens is 526 g/mol. The molecule has 1 aliphatic heterocycles. The fraction of sp³-hybridized carbons (Fsp3) is 0.219. The normalized spacial score (nSPS) is 20.0. The first kappa shape index (κ1) is 28.1. The monoisotopic (exact) mass is 555 g/mol. The maximum atomic E-state index is 13.1. The summed E-state index contributed by atoms with van der Waals surface area (Å²) >= 11 is 0. The van der Waals surface area contributed by atoms with Crippen molar-refractivity contribution in [2.45, 2.75) is 44.6 Å². The van der Waals surface area contributed by atoms with Crippen molar-refractivity contribution in [1.29, 1.82) is 0 Å². The van der Waals surface area contributed by atoms with Crippen molar-refractivity contribution >= 4 is 11.7 Å². The maximum absolute atomic E-state index is 13.1. The second kappa shape index (κ2) is 13.8. The number of carbonyl (C=O) groups excluding carboxylic acids is 1. The maximum Gasteiger partial charge on any atom is 0.340 e. The van der Waals surface area contributed by atoms with Gasteiger partial charge in [0.05, 0.1) is 30.3 Å². The molecule has 1 heterocycles. The Kier molecular flexibility index (Phi) is 9.45. The lowest BCUT2D eigenvalue weighted by Crippen LogP contribution is -2.39. The van der Waals surface area contributed by atoms with E-state index in [1.54, 1.807) is 0 Å². The van der Waals surface area contributed by atoms with E-state index in [2.05, 4.69) is 0 Å². The van der Waals surface area contributed by atoms with Crippen LogP contribution in [0.5, 0.6) is 0 Å². The van der Waals surface area contributed by atoms with E-state index in [1.807, 2.05) is 91.0 Å². The highest BCUT2D eigenvalue weighted by molar-refractivity contribution is 5.89. The summed E-state index contributed by atoms with van der Waals surface area (Å²) in [6.45, 7) is 0.719. The average molecular weight is 556 g/mol. The van der Waals surface area contributed by atoms with Crippen LogP contribution in [0.4, 0.5) is 5.69 Å². The molecule has 0 spiro atoms. The van der Waals surface area contributed by atoms with Crippen molar-refractivity contribution in [3.63, 3.8) is 0 Å². The van der Waals surface area contributed by atoms with Crippen LogP contribution in [0.3, 0.4) is 0 Å². The minimum Gasteiger partial charge on any atom is -0.429 e. The van der Waals surface area contributed by atoms with Gasteiger partial charge in [0.1, 0.15) is 6.10 Å². The van der Waals surface area contributed by atoms with Crippen LogP contribution in [-0.4, -0.2) is 35.7 Å². The van der Waals surface area contributed by atoms with Gasteiger partial charge in [0.25, 0.3) is 5.69 Å². The molecule has 41 heavy (non-hydrogen) atoms. The van der Waals surface area contributed by atoms with Crippen LogP contribution in [0.1, 0.15) is 27.0 Å². The Morgan fingerprint density at radius 2 is 1.07 bits per heavy atom. The van der Waals surface area contributed by atoms with Crippen LogP contribution >= 0.6 is 0 Å². The molecule has 0 saturated carbocycles. The first-order valence-corrected chi connectivity index (χ1v) is 13.1. The highest BCUT2D eigenvalue weighted by Gasteiger charge is 2.49. The largest absolute Gasteiger partial charge is 0.429 e. The lowest BCUT2D eigenvalue weighted by atomic mass is 10.2. The van der Waals surface area contributed by atoms with E-state index in [0.717, 1.165) is 16.7 Å². The Labute approximate surface area is 237 Å². The van der Waals surface area contributed by atoms with Gasteiger partial charge in [-0.15, -0.1) is 0 Å². The average Bonchev–Trinajstić information content (AvgIpc) is 3.34. The van der Waals surface area contributed by atoms with Crippen molar-refractivity contribution in [2.75, 3.05) is 0 Å². The number of esters is 1. The van der Waals surface area contributed by atoms with E-state index in [9.17, 15) is 14.9 Å². The fourth-order valence-corrected chi connectivity index (χ4v) is 4.35. The van der Waals surface area contributed by atoms with Crippen molar-refractivity contribution < 1.29 is 33.4 Å². The Morgan fingerprint density at radius 1 is 0.634 bits per heavy atom. The second-order valence-corrected chi connectivity index (χ2v) is 9.40. The van der Waals surface area contributed by atoms with Crippen molar-refractivity contribution in [3.05, 3.63) is 148 Å². The molecule has 0 unspecified atom stereocenters. The molecule has 0 amide bonds. The highest BCUT2D eigenvalue weighted by atomic mass is 16.8. The number of carbonyl (C=O) groups is 1. The predicted molar refractivity (Wildman–Crippen MR) is 148 cm³/mol.